The maximum atomic E-state index is 13.2. The number of aryl methyl sites for hydroxylation is 1. The summed E-state index contributed by atoms with van der Waals surface area (Å²) >= 11 is 0. The largest absolute Gasteiger partial charge is 0.394 e. The van der Waals surface area contributed by atoms with Crippen LogP contribution < -0.4 is 22.1 Å². The molecule has 0 radical (unpaired) electrons. The van der Waals surface area contributed by atoms with E-state index in [2.05, 4.69) is 15.8 Å². The van der Waals surface area contributed by atoms with Crippen molar-refractivity contribution >= 4 is 5.91 Å². The molecule has 9 heteroatoms. The van der Waals surface area contributed by atoms with Crippen LogP contribution in [0.1, 0.15) is 16.9 Å². The van der Waals surface area contributed by atoms with Gasteiger partial charge in [-0.2, -0.15) is 0 Å². The van der Waals surface area contributed by atoms with Crippen LogP contribution in [0.25, 0.3) is 11.3 Å². The fourth-order valence-corrected chi connectivity index (χ4v) is 2.92. The van der Waals surface area contributed by atoms with Crippen LogP contribution in [-0.4, -0.2) is 11.1 Å². The monoisotopic (exact) mass is 439 g/mol. The molecule has 0 saturated carbocycles. The van der Waals surface area contributed by atoms with Gasteiger partial charge in [-0.3, -0.25) is 4.79 Å². The van der Waals surface area contributed by atoms with Crippen molar-refractivity contribution in [3.63, 3.8) is 0 Å². The zero-order chi connectivity index (χ0) is 23.1. The lowest BCUT2D eigenvalue weighted by molar-refractivity contribution is -0.117. The van der Waals surface area contributed by atoms with Gasteiger partial charge in [0.2, 0.25) is 0 Å². The van der Waals surface area contributed by atoms with E-state index in [-0.39, 0.29) is 23.6 Å². The van der Waals surface area contributed by atoms with Crippen molar-refractivity contribution in [3.8, 4) is 11.3 Å². The summed E-state index contributed by atoms with van der Waals surface area (Å²) in [5.74, 6) is -1.11. The number of amides is 1. The Bertz CT molecular complexity index is 1140. The Morgan fingerprint density at radius 2 is 1.72 bits per heavy atom. The summed E-state index contributed by atoms with van der Waals surface area (Å²) in [4.78, 5) is 12.1. The second kappa shape index (κ2) is 10.3. The molecule has 0 aliphatic rings. The molecule has 0 spiro atoms. The van der Waals surface area contributed by atoms with Gasteiger partial charge < -0.3 is 26.6 Å². The van der Waals surface area contributed by atoms with E-state index in [0.29, 0.717) is 18.0 Å². The molecule has 6 N–H and O–H groups in total. The summed E-state index contributed by atoms with van der Waals surface area (Å²) in [6, 6.07) is 12.6. The maximum Gasteiger partial charge on any atom is 0.267 e. The van der Waals surface area contributed by atoms with Crippen molar-refractivity contribution in [2.24, 2.45) is 11.5 Å². The average molecular weight is 439 g/mol. The maximum absolute atomic E-state index is 13.2. The van der Waals surface area contributed by atoms with Crippen molar-refractivity contribution in [2.45, 2.75) is 20.0 Å². The van der Waals surface area contributed by atoms with Crippen LogP contribution in [-0.2, 0) is 17.9 Å². The van der Waals surface area contributed by atoms with Gasteiger partial charge in [0, 0.05) is 30.3 Å². The number of halogens is 2. The number of carbonyl (C=O) groups excluding carboxylic acids is 1. The summed E-state index contributed by atoms with van der Waals surface area (Å²) in [7, 11) is 0. The van der Waals surface area contributed by atoms with Crippen molar-refractivity contribution in [1.29, 1.82) is 0 Å². The fraction of sp³-hybridized carbons (Fsp3) is 0.130. The smallest absolute Gasteiger partial charge is 0.267 e. The lowest BCUT2D eigenvalue weighted by Gasteiger charge is -2.07. The summed E-state index contributed by atoms with van der Waals surface area (Å²) in [6.07, 6.45) is 2.78. The van der Waals surface area contributed by atoms with Crippen molar-refractivity contribution in [1.82, 2.24) is 15.8 Å². The molecule has 0 aliphatic carbocycles. The predicted molar refractivity (Wildman–Crippen MR) is 116 cm³/mol. The van der Waals surface area contributed by atoms with Gasteiger partial charge in [-0.1, -0.05) is 35.5 Å². The Kier molecular flexibility index (Phi) is 7.22. The minimum Gasteiger partial charge on any atom is -0.394 e. The number of allylic oxidation sites excluding steroid dienone is 2. The molecule has 0 aliphatic heterocycles. The van der Waals surface area contributed by atoms with Crippen LogP contribution in [0.5, 0.6) is 0 Å². The van der Waals surface area contributed by atoms with Gasteiger partial charge in [-0.25, -0.2) is 8.78 Å². The van der Waals surface area contributed by atoms with E-state index in [4.69, 9.17) is 16.0 Å². The molecule has 2 aromatic carbocycles. The van der Waals surface area contributed by atoms with Crippen LogP contribution in [0.3, 0.4) is 0 Å². The van der Waals surface area contributed by atoms with Crippen LogP contribution in [0.15, 0.2) is 76.7 Å². The predicted octanol–water partition coefficient (Wildman–Crippen LogP) is 2.98. The molecule has 0 unspecified atom stereocenters. The Balaban J connectivity index is 1.58. The van der Waals surface area contributed by atoms with Crippen LogP contribution in [0.4, 0.5) is 8.78 Å². The molecule has 0 saturated heterocycles. The van der Waals surface area contributed by atoms with E-state index >= 15 is 0 Å². The number of aromatic nitrogens is 1. The van der Waals surface area contributed by atoms with Crippen LogP contribution >= 0.6 is 0 Å². The lowest BCUT2D eigenvalue weighted by Crippen LogP contribution is -2.28. The molecule has 0 atom stereocenters. The van der Waals surface area contributed by atoms with Gasteiger partial charge in [0.1, 0.15) is 23.1 Å². The molecule has 0 bridgehead atoms. The van der Waals surface area contributed by atoms with Gasteiger partial charge >= 0.3 is 0 Å². The third-order valence-electron chi connectivity index (χ3n) is 4.58. The van der Waals surface area contributed by atoms with E-state index in [1.54, 1.807) is 0 Å². The fourth-order valence-electron chi connectivity index (χ4n) is 2.92. The summed E-state index contributed by atoms with van der Waals surface area (Å²) in [5.41, 5.74) is 14.4. The molecule has 32 heavy (non-hydrogen) atoms. The topological polar surface area (TPSA) is 119 Å². The van der Waals surface area contributed by atoms with E-state index in [1.165, 1.54) is 12.2 Å². The van der Waals surface area contributed by atoms with Gasteiger partial charge in [-0.15, -0.1) is 0 Å². The first-order valence-electron chi connectivity index (χ1n) is 9.74. The highest BCUT2D eigenvalue weighted by molar-refractivity contribution is 5.92. The first kappa shape index (κ1) is 22.5. The quantitative estimate of drug-likeness (QED) is 0.317. The summed E-state index contributed by atoms with van der Waals surface area (Å²) in [5, 5.41) is 9.62. The van der Waals surface area contributed by atoms with Gasteiger partial charge in [0.05, 0.1) is 11.5 Å². The highest BCUT2D eigenvalue weighted by Gasteiger charge is 2.14. The molecular formula is C23H23F2N5O2. The first-order valence-corrected chi connectivity index (χ1v) is 9.74. The molecule has 7 nitrogen and oxygen atoms in total. The normalized spacial score (nSPS) is 12.0. The molecule has 0 fully saturated rings. The Hall–Kier alpha value is -4.14. The number of rotatable bonds is 8. The first-order chi connectivity index (χ1) is 15.3. The van der Waals surface area contributed by atoms with Crippen molar-refractivity contribution in [3.05, 3.63) is 101 Å². The highest BCUT2D eigenvalue weighted by Crippen LogP contribution is 2.24. The van der Waals surface area contributed by atoms with E-state index in [9.17, 15) is 13.6 Å². The van der Waals surface area contributed by atoms with Gasteiger partial charge in [-0.05, 0) is 36.8 Å². The number of nitrogens with two attached hydrogens (primary N) is 2. The second-order valence-corrected chi connectivity index (χ2v) is 6.99. The molecule has 3 aromatic rings. The van der Waals surface area contributed by atoms with Crippen molar-refractivity contribution in [2.75, 3.05) is 0 Å². The minimum atomic E-state index is -0.724. The highest BCUT2D eigenvalue weighted by atomic mass is 19.1. The number of nitrogens with one attached hydrogen (secondary N) is 2. The van der Waals surface area contributed by atoms with E-state index in [0.717, 1.165) is 29.3 Å². The molecule has 166 valence electrons. The molecule has 1 heterocycles. The third-order valence-corrected chi connectivity index (χ3v) is 4.58. The third kappa shape index (κ3) is 5.94. The van der Waals surface area contributed by atoms with Gasteiger partial charge in [0.25, 0.3) is 5.91 Å². The zero-order valence-electron chi connectivity index (χ0n) is 17.4. The second-order valence-electron chi connectivity index (χ2n) is 6.99. The minimum absolute atomic E-state index is 0.0749. The van der Waals surface area contributed by atoms with Crippen LogP contribution in [0.2, 0.25) is 0 Å². The summed E-state index contributed by atoms with van der Waals surface area (Å²) in [6.45, 7) is 2.09. The van der Waals surface area contributed by atoms with Crippen molar-refractivity contribution < 1.29 is 18.1 Å². The van der Waals surface area contributed by atoms with E-state index in [1.807, 2.05) is 37.3 Å². The van der Waals surface area contributed by atoms with E-state index < -0.39 is 17.5 Å². The molecule has 3 rings (SSSR count). The molecular weight excluding hydrogens is 416 g/mol. The number of carbonyl (C=O) groups is 1. The Morgan fingerprint density at radius 3 is 2.41 bits per heavy atom. The van der Waals surface area contributed by atoms with Gasteiger partial charge in [0.15, 0.2) is 0 Å². The number of hydrogen-bond donors (Lipinski definition) is 4. The summed E-state index contributed by atoms with van der Waals surface area (Å²) < 4.78 is 31.7. The molecule has 1 aromatic heterocycles. The Labute approximate surface area is 183 Å². The zero-order valence-corrected chi connectivity index (χ0v) is 17.4. The SMILES string of the molecule is Cc1onc(-c2ccccc2)c1CN/C(N)=C/C=C(\N)C(=O)NCc1cc(F)cc(F)c1. The lowest BCUT2D eigenvalue weighted by atomic mass is 10.1. The number of nitrogens with zero attached hydrogens (tertiary/aromatic N) is 1. The average Bonchev–Trinajstić information content (AvgIpc) is 3.14. The Morgan fingerprint density at radius 1 is 1.03 bits per heavy atom. The van der Waals surface area contributed by atoms with Crippen LogP contribution in [0, 0.1) is 18.6 Å². The number of hydrogen-bond acceptors (Lipinski definition) is 6. The number of benzene rings is 2. The molecule has 1 amide bonds. The standard InChI is InChI=1S/C23H23F2N5O2/c1-14-19(22(30-32-14)16-5-3-2-4-6-16)13-28-21(27)8-7-20(26)23(31)29-12-15-9-17(24)11-18(25)10-15/h2-11,28H,12-13,26-27H2,1H3,(H,29,31)/b20-7-,21-8+.